The van der Waals surface area contributed by atoms with E-state index in [9.17, 15) is 0 Å². The summed E-state index contributed by atoms with van der Waals surface area (Å²) in [5, 5.41) is 0. The minimum Gasteiger partial charge on any atom is -0.399 e. The zero-order valence-electron chi connectivity index (χ0n) is 13.5. The summed E-state index contributed by atoms with van der Waals surface area (Å²) < 4.78 is 5.63. The number of aryl methyl sites for hydroxylation is 1. The number of nitrogens with zero attached hydrogens (tertiary/aromatic N) is 2. The number of hydrogen-bond acceptors (Lipinski definition) is 4. The molecular weight excluding hydrogens is 286 g/mol. The molecule has 3 heterocycles. The fourth-order valence-corrected chi connectivity index (χ4v) is 3.50. The lowest BCUT2D eigenvalue weighted by molar-refractivity contribution is 0.105. The Hall–Kier alpha value is -2.33. The first-order valence-electron chi connectivity index (χ1n) is 8.03. The SMILES string of the molecule is CC1=CC2COCCN2c2cc(-c3cc(N)ccc3C)cnc21. The molecule has 0 saturated carbocycles. The molecule has 4 nitrogen and oxygen atoms in total. The molecule has 2 N–H and O–H groups in total. The highest BCUT2D eigenvalue weighted by Crippen LogP contribution is 2.37. The number of nitrogens with two attached hydrogens (primary N) is 1. The van der Waals surface area contributed by atoms with Gasteiger partial charge in [0.05, 0.1) is 30.6 Å². The lowest BCUT2D eigenvalue weighted by Crippen LogP contribution is -2.46. The van der Waals surface area contributed by atoms with Gasteiger partial charge in [0, 0.05) is 24.0 Å². The van der Waals surface area contributed by atoms with Crippen LogP contribution in [0.15, 0.2) is 36.5 Å². The summed E-state index contributed by atoms with van der Waals surface area (Å²) in [6, 6.07) is 8.60. The Labute approximate surface area is 136 Å². The molecule has 1 atom stereocenters. The van der Waals surface area contributed by atoms with Crippen LogP contribution in [0, 0.1) is 6.92 Å². The molecule has 2 aliphatic heterocycles. The zero-order chi connectivity index (χ0) is 16.0. The van der Waals surface area contributed by atoms with E-state index < -0.39 is 0 Å². The van der Waals surface area contributed by atoms with Crippen LogP contribution in [-0.2, 0) is 4.74 Å². The van der Waals surface area contributed by atoms with Gasteiger partial charge < -0.3 is 15.4 Å². The van der Waals surface area contributed by atoms with E-state index in [2.05, 4.69) is 37.0 Å². The van der Waals surface area contributed by atoms with Crippen molar-refractivity contribution in [2.24, 2.45) is 0 Å². The summed E-state index contributed by atoms with van der Waals surface area (Å²) in [7, 11) is 0. The lowest BCUT2D eigenvalue weighted by Gasteiger charge is -2.40. The second-order valence-electron chi connectivity index (χ2n) is 6.35. The smallest absolute Gasteiger partial charge is 0.0890 e. The standard InChI is InChI=1S/C19H21N3O/c1-12-3-4-15(20)9-17(12)14-8-18-19(21-10-14)13(2)7-16-11-23-6-5-22(16)18/h3-4,7-10,16H,5-6,11,20H2,1-2H3. The van der Waals surface area contributed by atoms with Crippen LogP contribution in [0.3, 0.4) is 0 Å². The van der Waals surface area contributed by atoms with E-state index in [1.807, 2.05) is 18.3 Å². The fourth-order valence-electron chi connectivity index (χ4n) is 3.50. The van der Waals surface area contributed by atoms with Crippen LogP contribution in [-0.4, -0.2) is 30.8 Å². The van der Waals surface area contributed by atoms with Crippen LogP contribution >= 0.6 is 0 Å². The monoisotopic (exact) mass is 307 g/mol. The Morgan fingerprint density at radius 2 is 2.13 bits per heavy atom. The molecule has 4 rings (SSSR count). The van der Waals surface area contributed by atoms with Crippen LogP contribution in [0.1, 0.15) is 18.2 Å². The van der Waals surface area contributed by atoms with Crippen molar-refractivity contribution >= 4 is 16.9 Å². The number of nitrogen functional groups attached to an aromatic ring is 1. The number of aromatic nitrogens is 1. The summed E-state index contributed by atoms with van der Waals surface area (Å²) in [4.78, 5) is 7.15. The van der Waals surface area contributed by atoms with E-state index in [1.54, 1.807) is 0 Å². The topological polar surface area (TPSA) is 51.4 Å². The van der Waals surface area contributed by atoms with Gasteiger partial charge in [0.25, 0.3) is 0 Å². The van der Waals surface area contributed by atoms with Gasteiger partial charge in [-0.2, -0.15) is 0 Å². The highest BCUT2D eigenvalue weighted by atomic mass is 16.5. The maximum atomic E-state index is 5.97. The molecule has 0 radical (unpaired) electrons. The van der Waals surface area contributed by atoms with Crippen molar-refractivity contribution < 1.29 is 4.74 Å². The molecule has 1 aromatic carbocycles. The first-order chi connectivity index (χ1) is 11.1. The number of benzene rings is 1. The van der Waals surface area contributed by atoms with Crippen molar-refractivity contribution in [3.8, 4) is 11.1 Å². The van der Waals surface area contributed by atoms with Gasteiger partial charge in [-0.3, -0.25) is 4.98 Å². The third-order valence-corrected chi connectivity index (χ3v) is 4.73. The Kier molecular flexibility index (Phi) is 3.34. The van der Waals surface area contributed by atoms with Crippen LogP contribution in [0.5, 0.6) is 0 Å². The van der Waals surface area contributed by atoms with Crippen LogP contribution in [0.25, 0.3) is 16.7 Å². The van der Waals surface area contributed by atoms with Gasteiger partial charge in [-0.25, -0.2) is 0 Å². The van der Waals surface area contributed by atoms with E-state index in [4.69, 9.17) is 15.5 Å². The summed E-state index contributed by atoms with van der Waals surface area (Å²) in [5.41, 5.74) is 13.7. The average Bonchev–Trinajstić information content (AvgIpc) is 2.57. The van der Waals surface area contributed by atoms with E-state index in [1.165, 1.54) is 16.8 Å². The van der Waals surface area contributed by atoms with Gasteiger partial charge >= 0.3 is 0 Å². The summed E-state index contributed by atoms with van der Waals surface area (Å²) in [6.07, 6.45) is 4.22. The number of allylic oxidation sites excluding steroid dienone is 1. The molecule has 0 amide bonds. The maximum absolute atomic E-state index is 5.97. The largest absolute Gasteiger partial charge is 0.399 e. The number of pyridine rings is 1. The van der Waals surface area contributed by atoms with E-state index in [0.717, 1.165) is 42.3 Å². The molecule has 1 fully saturated rings. The Morgan fingerprint density at radius 1 is 1.26 bits per heavy atom. The molecule has 118 valence electrons. The normalized spacial score (nSPS) is 19.8. The summed E-state index contributed by atoms with van der Waals surface area (Å²) in [6.45, 7) is 6.66. The Morgan fingerprint density at radius 3 is 3.00 bits per heavy atom. The first-order valence-corrected chi connectivity index (χ1v) is 8.03. The number of hydrogen-bond donors (Lipinski definition) is 1. The van der Waals surface area contributed by atoms with E-state index in [-0.39, 0.29) is 0 Å². The molecule has 0 spiro atoms. The third-order valence-electron chi connectivity index (χ3n) is 4.73. The summed E-state index contributed by atoms with van der Waals surface area (Å²) in [5.74, 6) is 0. The molecule has 4 heteroatoms. The van der Waals surface area contributed by atoms with Crippen molar-refractivity contribution in [2.45, 2.75) is 19.9 Å². The van der Waals surface area contributed by atoms with Crippen molar-refractivity contribution in [2.75, 3.05) is 30.4 Å². The van der Waals surface area contributed by atoms with Gasteiger partial charge in [-0.1, -0.05) is 12.1 Å². The molecule has 2 aliphatic rings. The second-order valence-corrected chi connectivity index (χ2v) is 6.35. The minimum absolute atomic E-state index is 0.315. The van der Waals surface area contributed by atoms with Gasteiger partial charge in [-0.05, 0) is 48.7 Å². The number of rotatable bonds is 1. The average molecular weight is 307 g/mol. The van der Waals surface area contributed by atoms with Crippen molar-refractivity contribution in [3.63, 3.8) is 0 Å². The molecule has 2 aromatic rings. The maximum Gasteiger partial charge on any atom is 0.0890 e. The second kappa shape index (κ2) is 5.39. The molecule has 0 aliphatic carbocycles. The first kappa shape index (κ1) is 14.3. The van der Waals surface area contributed by atoms with Gasteiger partial charge in [0.2, 0.25) is 0 Å². The molecule has 0 bridgehead atoms. The van der Waals surface area contributed by atoms with Gasteiger partial charge in [0.15, 0.2) is 0 Å². The predicted octanol–water partition coefficient (Wildman–Crippen LogP) is 3.26. The number of morpholine rings is 1. The number of ether oxygens (including phenoxy) is 1. The Bertz CT molecular complexity index is 797. The van der Waals surface area contributed by atoms with E-state index >= 15 is 0 Å². The van der Waals surface area contributed by atoms with E-state index in [0.29, 0.717) is 6.04 Å². The zero-order valence-corrected chi connectivity index (χ0v) is 13.5. The van der Waals surface area contributed by atoms with Crippen LogP contribution < -0.4 is 10.6 Å². The number of anilines is 2. The Balaban J connectivity index is 1.84. The third kappa shape index (κ3) is 2.39. The van der Waals surface area contributed by atoms with Gasteiger partial charge in [-0.15, -0.1) is 0 Å². The van der Waals surface area contributed by atoms with Crippen LogP contribution in [0.2, 0.25) is 0 Å². The van der Waals surface area contributed by atoms with Gasteiger partial charge in [0.1, 0.15) is 0 Å². The summed E-state index contributed by atoms with van der Waals surface area (Å²) >= 11 is 0. The highest BCUT2D eigenvalue weighted by molar-refractivity contribution is 5.82. The molecule has 23 heavy (non-hydrogen) atoms. The number of fused-ring (bicyclic) bond motifs is 3. The molecular formula is C19H21N3O. The fraction of sp³-hybridized carbons (Fsp3) is 0.316. The molecule has 1 unspecified atom stereocenters. The van der Waals surface area contributed by atoms with Crippen LogP contribution in [0.4, 0.5) is 11.4 Å². The molecule has 1 aromatic heterocycles. The highest BCUT2D eigenvalue weighted by Gasteiger charge is 2.29. The quantitative estimate of drug-likeness (QED) is 0.822. The molecule has 1 saturated heterocycles. The van der Waals surface area contributed by atoms with Crippen molar-refractivity contribution in [3.05, 3.63) is 47.8 Å². The lowest BCUT2D eigenvalue weighted by atomic mass is 9.96. The minimum atomic E-state index is 0.315. The predicted molar refractivity (Wildman–Crippen MR) is 94.4 cm³/mol. The van der Waals surface area contributed by atoms with Crippen molar-refractivity contribution in [1.82, 2.24) is 4.98 Å². The van der Waals surface area contributed by atoms with Crippen molar-refractivity contribution in [1.29, 1.82) is 0 Å².